The van der Waals surface area contributed by atoms with Gasteiger partial charge in [0.05, 0.1) is 6.04 Å². The van der Waals surface area contributed by atoms with Gasteiger partial charge in [-0.05, 0) is 29.0 Å². The molecular formula is C21H19NO3S. The van der Waals surface area contributed by atoms with E-state index in [2.05, 4.69) is 5.32 Å². The molecule has 0 radical (unpaired) electrons. The molecule has 1 heterocycles. The van der Waals surface area contributed by atoms with Gasteiger partial charge in [-0.15, -0.1) is 11.3 Å². The molecule has 1 amide bonds. The molecule has 1 unspecified atom stereocenters. The van der Waals surface area contributed by atoms with Crippen LogP contribution in [0, 0.1) is 0 Å². The number of hydrogen-bond acceptors (Lipinski definition) is 4. The minimum Gasteiger partial charge on any atom is -0.451 e. The van der Waals surface area contributed by atoms with Crippen LogP contribution in [0.4, 0.5) is 0 Å². The van der Waals surface area contributed by atoms with E-state index in [1.54, 1.807) is 17.5 Å². The van der Waals surface area contributed by atoms with Gasteiger partial charge >= 0.3 is 5.97 Å². The molecule has 132 valence electrons. The number of thiophene rings is 1. The number of nitrogens with one attached hydrogen (secondary N) is 1. The monoisotopic (exact) mass is 365 g/mol. The van der Waals surface area contributed by atoms with Crippen LogP contribution in [0.1, 0.15) is 26.8 Å². The Balaban J connectivity index is 1.63. The summed E-state index contributed by atoms with van der Waals surface area (Å²) in [4.78, 5) is 24.7. The number of benzene rings is 2. The van der Waals surface area contributed by atoms with Crippen LogP contribution in [-0.4, -0.2) is 18.5 Å². The van der Waals surface area contributed by atoms with E-state index >= 15 is 0 Å². The smallest absolute Gasteiger partial charge is 0.348 e. The fourth-order valence-electron chi connectivity index (χ4n) is 2.62. The first-order valence-corrected chi connectivity index (χ1v) is 9.19. The van der Waals surface area contributed by atoms with Gasteiger partial charge in [-0.2, -0.15) is 0 Å². The Morgan fingerprint density at radius 1 is 0.923 bits per heavy atom. The van der Waals surface area contributed by atoms with Crippen LogP contribution in [0.2, 0.25) is 0 Å². The van der Waals surface area contributed by atoms with Gasteiger partial charge in [0.15, 0.2) is 6.61 Å². The molecule has 2 aromatic carbocycles. The Kier molecular flexibility index (Phi) is 6.17. The largest absolute Gasteiger partial charge is 0.451 e. The molecule has 3 aromatic rings. The normalized spacial score (nSPS) is 11.5. The first-order chi connectivity index (χ1) is 12.7. The Hall–Kier alpha value is -2.92. The van der Waals surface area contributed by atoms with Gasteiger partial charge in [0.1, 0.15) is 4.88 Å². The van der Waals surface area contributed by atoms with Crippen molar-refractivity contribution in [3.63, 3.8) is 0 Å². The Morgan fingerprint density at radius 2 is 1.62 bits per heavy atom. The second-order valence-electron chi connectivity index (χ2n) is 5.77. The van der Waals surface area contributed by atoms with Gasteiger partial charge in [-0.3, -0.25) is 4.79 Å². The van der Waals surface area contributed by atoms with Crippen LogP contribution < -0.4 is 5.32 Å². The summed E-state index contributed by atoms with van der Waals surface area (Å²) in [6.07, 6.45) is 0.662. The molecule has 1 aromatic heterocycles. The first kappa shape index (κ1) is 17.9. The molecule has 0 saturated heterocycles. The zero-order valence-corrected chi connectivity index (χ0v) is 14.9. The van der Waals surface area contributed by atoms with Crippen molar-refractivity contribution < 1.29 is 14.3 Å². The van der Waals surface area contributed by atoms with E-state index in [0.29, 0.717) is 11.3 Å². The summed E-state index contributed by atoms with van der Waals surface area (Å²) in [6, 6.07) is 23.0. The van der Waals surface area contributed by atoms with E-state index < -0.39 is 5.97 Å². The lowest BCUT2D eigenvalue weighted by Crippen LogP contribution is -2.33. The SMILES string of the molecule is O=C(COC(=O)c1cccs1)NC(Cc1ccccc1)c1ccccc1. The maximum Gasteiger partial charge on any atom is 0.348 e. The lowest BCUT2D eigenvalue weighted by molar-refractivity contribution is -0.125. The number of rotatable bonds is 7. The van der Waals surface area contributed by atoms with Crippen molar-refractivity contribution in [1.82, 2.24) is 5.32 Å². The molecule has 0 aliphatic heterocycles. The quantitative estimate of drug-likeness (QED) is 0.644. The van der Waals surface area contributed by atoms with Crippen molar-refractivity contribution in [3.8, 4) is 0 Å². The topological polar surface area (TPSA) is 55.4 Å². The van der Waals surface area contributed by atoms with Crippen molar-refractivity contribution >= 4 is 23.2 Å². The predicted octanol–water partition coefficient (Wildman–Crippen LogP) is 4.01. The summed E-state index contributed by atoms with van der Waals surface area (Å²) in [7, 11) is 0. The second kappa shape index (κ2) is 8.97. The van der Waals surface area contributed by atoms with Crippen molar-refractivity contribution in [2.45, 2.75) is 12.5 Å². The zero-order chi connectivity index (χ0) is 18.2. The highest BCUT2D eigenvalue weighted by atomic mass is 32.1. The third kappa shape index (κ3) is 5.04. The van der Waals surface area contributed by atoms with Gasteiger partial charge in [0.25, 0.3) is 5.91 Å². The van der Waals surface area contributed by atoms with Crippen LogP contribution in [0.25, 0.3) is 0 Å². The summed E-state index contributed by atoms with van der Waals surface area (Å²) >= 11 is 1.29. The van der Waals surface area contributed by atoms with E-state index in [-0.39, 0.29) is 18.6 Å². The van der Waals surface area contributed by atoms with Gasteiger partial charge in [0.2, 0.25) is 0 Å². The highest BCUT2D eigenvalue weighted by molar-refractivity contribution is 7.11. The van der Waals surface area contributed by atoms with Crippen molar-refractivity contribution in [3.05, 3.63) is 94.2 Å². The maximum atomic E-state index is 12.3. The average Bonchev–Trinajstić information content (AvgIpc) is 3.22. The molecular weight excluding hydrogens is 346 g/mol. The third-order valence-corrected chi connectivity index (χ3v) is 4.73. The predicted molar refractivity (Wildman–Crippen MR) is 102 cm³/mol. The van der Waals surface area contributed by atoms with Crippen LogP contribution in [0.15, 0.2) is 78.2 Å². The fourth-order valence-corrected chi connectivity index (χ4v) is 3.24. The zero-order valence-electron chi connectivity index (χ0n) is 14.1. The number of carbonyl (C=O) groups excluding carboxylic acids is 2. The molecule has 0 saturated carbocycles. The molecule has 5 heteroatoms. The molecule has 3 rings (SSSR count). The minimum absolute atomic E-state index is 0.188. The van der Waals surface area contributed by atoms with E-state index in [9.17, 15) is 9.59 Å². The van der Waals surface area contributed by atoms with Crippen LogP contribution >= 0.6 is 11.3 Å². The van der Waals surface area contributed by atoms with Crippen LogP contribution in [0.5, 0.6) is 0 Å². The summed E-state index contributed by atoms with van der Waals surface area (Å²) in [5.74, 6) is -0.797. The molecule has 0 fully saturated rings. The highest BCUT2D eigenvalue weighted by Crippen LogP contribution is 2.18. The van der Waals surface area contributed by atoms with Crippen LogP contribution in [0.3, 0.4) is 0 Å². The van der Waals surface area contributed by atoms with E-state index in [1.807, 2.05) is 60.7 Å². The number of hydrogen-bond donors (Lipinski definition) is 1. The average molecular weight is 365 g/mol. The molecule has 1 atom stereocenters. The van der Waals surface area contributed by atoms with Gasteiger partial charge in [-0.25, -0.2) is 4.79 Å². The fraction of sp³-hybridized carbons (Fsp3) is 0.143. The van der Waals surface area contributed by atoms with E-state index in [0.717, 1.165) is 11.1 Å². The van der Waals surface area contributed by atoms with Gasteiger partial charge < -0.3 is 10.1 Å². The number of ether oxygens (including phenoxy) is 1. The lowest BCUT2D eigenvalue weighted by Gasteiger charge is -2.19. The molecule has 0 aliphatic rings. The lowest BCUT2D eigenvalue weighted by atomic mass is 9.99. The summed E-state index contributed by atoms with van der Waals surface area (Å²) in [6.45, 7) is -0.297. The first-order valence-electron chi connectivity index (χ1n) is 8.31. The summed E-state index contributed by atoms with van der Waals surface area (Å²) in [5, 5.41) is 4.76. The minimum atomic E-state index is -0.477. The summed E-state index contributed by atoms with van der Waals surface area (Å²) < 4.78 is 5.09. The molecule has 0 spiro atoms. The van der Waals surface area contributed by atoms with E-state index in [4.69, 9.17) is 4.74 Å². The van der Waals surface area contributed by atoms with Crippen LogP contribution in [-0.2, 0) is 16.0 Å². The van der Waals surface area contributed by atoms with Gasteiger partial charge in [0, 0.05) is 0 Å². The Labute approximate surface area is 156 Å². The molecule has 0 bridgehead atoms. The third-order valence-electron chi connectivity index (χ3n) is 3.88. The second-order valence-corrected chi connectivity index (χ2v) is 6.72. The van der Waals surface area contributed by atoms with Crippen molar-refractivity contribution in [2.75, 3.05) is 6.61 Å². The maximum absolute atomic E-state index is 12.3. The number of esters is 1. The molecule has 0 aliphatic carbocycles. The van der Waals surface area contributed by atoms with Crippen molar-refractivity contribution in [1.29, 1.82) is 0 Å². The Bertz CT molecular complexity index is 832. The summed E-state index contributed by atoms with van der Waals surface area (Å²) in [5.41, 5.74) is 2.13. The Morgan fingerprint density at radius 3 is 2.27 bits per heavy atom. The standard InChI is InChI=1S/C21H19NO3S/c23-20(15-25-21(24)19-12-7-13-26-19)22-18(17-10-5-2-6-11-17)14-16-8-3-1-4-9-16/h1-13,18H,14-15H2,(H,22,23). The molecule has 26 heavy (non-hydrogen) atoms. The van der Waals surface area contributed by atoms with Gasteiger partial charge in [-0.1, -0.05) is 66.7 Å². The van der Waals surface area contributed by atoms with Crippen molar-refractivity contribution in [2.24, 2.45) is 0 Å². The molecule has 1 N–H and O–H groups in total. The van der Waals surface area contributed by atoms with E-state index in [1.165, 1.54) is 11.3 Å². The number of carbonyl (C=O) groups is 2. The highest BCUT2D eigenvalue weighted by Gasteiger charge is 2.17. The number of amides is 1. The molecule has 4 nitrogen and oxygen atoms in total.